The van der Waals surface area contributed by atoms with Crippen molar-refractivity contribution in [3.05, 3.63) is 65.6 Å². The molecular weight excluding hydrogens is 578 g/mol. The molecule has 4 heterocycles. The van der Waals surface area contributed by atoms with E-state index in [2.05, 4.69) is 37.0 Å². The van der Waals surface area contributed by atoms with Crippen LogP contribution >= 0.6 is 0 Å². The number of hydrogen-bond donors (Lipinski definition) is 1. The fourth-order valence-corrected chi connectivity index (χ4v) is 6.30. The molecule has 236 valence electrons. The van der Waals surface area contributed by atoms with Crippen LogP contribution in [0.1, 0.15) is 36.4 Å². The number of benzene rings is 2. The zero-order valence-electron chi connectivity index (χ0n) is 24.9. The van der Waals surface area contributed by atoms with Gasteiger partial charge in [0.05, 0.1) is 25.4 Å². The highest BCUT2D eigenvalue weighted by molar-refractivity contribution is 5.68. The smallest absolute Gasteiger partial charge is 0.421 e. The summed E-state index contributed by atoms with van der Waals surface area (Å²) in [7, 11) is 3.77. The van der Waals surface area contributed by atoms with Crippen molar-refractivity contribution in [1.82, 2.24) is 19.8 Å². The van der Waals surface area contributed by atoms with Gasteiger partial charge in [0, 0.05) is 69.7 Å². The molecule has 3 saturated heterocycles. The van der Waals surface area contributed by atoms with Crippen molar-refractivity contribution in [2.75, 3.05) is 75.3 Å². The van der Waals surface area contributed by atoms with Crippen LogP contribution in [0.15, 0.2) is 48.7 Å². The van der Waals surface area contributed by atoms with Crippen molar-refractivity contribution in [2.24, 2.45) is 0 Å². The molecule has 3 aliphatic heterocycles. The number of hydroxylamine groups is 1. The van der Waals surface area contributed by atoms with Gasteiger partial charge >= 0.3 is 6.18 Å². The first-order valence-electron chi connectivity index (χ1n) is 14.9. The summed E-state index contributed by atoms with van der Waals surface area (Å²) in [6, 6.07) is 11.3. The highest BCUT2D eigenvalue weighted by Crippen LogP contribution is 2.42. The Kier molecular flexibility index (Phi) is 8.79. The quantitative estimate of drug-likeness (QED) is 0.348. The molecule has 9 nitrogen and oxygen atoms in total. The molecule has 13 heteroatoms. The Labute approximate surface area is 254 Å². The van der Waals surface area contributed by atoms with E-state index >= 15 is 0 Å². The van der Waals surface area contributed by atoms with Gasteiger partial charge in [0.15, 0.2) is 5.82 Å². The van der Waals surface area contributed by atoms with Gasteiger partial charge in [0.1, 0.15) is 17.1 Å². The average Bonchev–Trinajstić information content (AvgIpc) is 3.51. The van der Waals surface area contributed by atoms with Crippen molar-refractivity contribution in [2.45, 2.75) is 37.5 Å². The number of anilines is 4. The van der Waals surface area contributed by atoms with Crippen LogP contribution in [0.5, 0.6) is 5.75 Å². The van der Waals surface area contributed by atoms with Gasteiger partial charge in [-0.05, 0) is 49.7 Å². The second-order valence-corrected chi connectivity index (χ2v) is 11.5. The number of ether oxygens (including phenoxy) is 1. The van der Waals surface area contributed by atoms with Gasteiger partial charge in [-0.15, -0.1) is 0 Å². The minimum Gasteiger partial charge on any atom is -0.495 e. The number of nitrogens with one attached hydrogen (secondary N) is 1. The predicted molar refractivity (Wildman–Crippen MR) is 160 cm³/mol. The van der Waals surface area contributed by atoms with Crippen molar-refractivity contribution in [3.8, 4) is 5.75 Å². The second-order valence-electron chi connectivity index (χ2n) is 11.5. The molecule has 1 unspecified atom stereocenters. The van der Waals surface area contributed by atoms with Crippen LogP contribution < -0.4 is 20.0 Å². The van der Waals surface area contributed by atoms with E-state index in [4.69, 9.17) is 9.57 Å². The molecule has 0 radical (unpaired) electrons. The third-order valence-electron chi connectivity index (χ3n) is 8.72. The lowest BCUT2D eigenvalue weighted by atomic mass is 10.0. The first-order chi connectivity index (χ1) is 21.2. The van der Waals surface area contributed by atoms with E-state index in [9.17, 15) is 17.6 Å². The van der Waals surface area contributed by atoms with Crippen LogP contribution in [0.3, 0.4) is 0 Å². The summed E-state index contributed by atoms with van der Waals surface area (Å²) in [4.78, 5) is 21.1. The fourth-order valence-electron chi connectivity index (χ4n) is 6.30. The molecule has 2 aromatic carbocycles. The van der Waals surface area contributed by atoms with Crippen molar-refractivity contribution >= 4 is 23.1 Å². The third kappa shape index (κ3) is 6.54. The number of likely N-dealkylation sites (N-methyl/N-ethyl adjacent to an activating group) is 1. The van der Waals surface area contributed by atoms with Crippen LogP contribution in [-0.2, 0) is 11.0 Å². The van der Waals surface area contributed by atoms with Gasteiger partial charge in [0.25, 0.3) is 0 Å². The number of halogens is 4. The van der Waals surface area contributed by atoms with Crippen LogP contribution in [-0.4, -0.2) is 85.8 Å². The lowest BCUT2D eigenvalue weighted by molar-refractivity contribution is -0.138. The van der Waals surface area contributed by atoms with Crippen molar-refractivity contribution in [3.63, 3.8) is 0 Å². The fraction of sp³-hybridized carbons (Fsp3) is 0.484. The molecule has 1 atom stereocenters. The molecule has 1 aromatic heterocycles. The average molecular weight is 616 g/mol. The van der Waals surface area contributed by atoms with Crippen LogP contribution in [0, 0.1) is 5.82 Å². The highest BCUT2D eigenvalue weighted by Gasteiger charge is 2.41. The van der Waals surface area contributed by atoms with E-state index < -0.39 is 29.4 Å². The Morgan fingerprint density at radius 3 is 2.45 bits per heavy atom. The third-order valence-corrected chi connectivity index (χ3v) is 8.72. The predicted octanol–water partition coefficient (Wildman–Crippen LogP) is 5.49. The van der Waals surface area contributed by atoms with E-state index in [1.165, 1.54) is 18.2 Å². The second kappa shape index (κ2) is 12.7. The Morgan fingerprint density at radius 1 is 0.977 bits per heavy atom. The zero-order valence-corrected chi connectivity index (χ0v) is 24.9. The number of methoxy groups -OCH3 is 1. The van der Waals surface area contributed by atoms with Gasteiger partial charge in [-0.2, -0.15) is 18.2 Å². The first-order valence-corrected chi connectivity index (χ1v) is 14.9. The molecule has 6 rings (SSSR count). The molecule has 0 spiro atoms. The van der Waals surface area contributed by atoms with E-state index in [0.29, 0.717) is 29.5 Å². The van der Waals surface area contributed by atoms with Crippen LogP contribution in [0.25, 0.3) is 0 Å². The zero-order chi connectivity index (χ0) is 30.8. The molecule has 0 amide bonds. The summed E-state index contributed by atoms with van der Waals surface area (Å²) >= 11 is 0. The molecule has 3 aromatic rings. The summed E-state index contributed by atoms with van der Waals surface area (Å²) in [6.45, 7) is 6.40. The maximum absolute atomic E-state index is 14.1. The largest absolute Gasteiger partial charge is 0.495 e. The van der Waals surface area contributed by atoms with Gasteiger partial charge < -0.3 is 19.9 Å². The minimum atomic E-state index is -4.73. The minimum absolute atomic E-state index is 0.0377. The normalized spacial score (nSPS) is 20.7. The van der Waals surface area contributed by atoms with Gasteiger partial charge in [-0.1, -0.05) is 12.1 Å². The SMILES string of the molecule is COc1cc(Nc2ncc(C(F)(F)F)c(N3OCCC3c3cccc(F)c3)n2)ccc1N1CCC(N2CCN(C)CC2)CC1. The van der Waals surface area contributed by atoms with Crippen molar-refractivity contribution in [1.29, 1.82) is 0 Å². The molecule has 1 N–H and O–H groups in total. The lowest BCUT2D eigenvalue weighted by Crippen LogP contribution is -2.52. The van der Waals surface area contributed by atoms with Gasteiger partial charge in [-0.3, -0.25) is 9.74 Å². The Hall–Kier alpha value is -3.68. The topological polar surface area (TPSA) is 69.2 Å². The maximum atomic E-state index is 14.1. The van der Waals surface area contributed by atoms with Crippen LogP contribution in [0.2, 0.25) is 0 Å². The maximum Gasteiger partial charge on any atom is 0.421 e. The number of piperidine rings is 1. The summed E-state index contributed by atoms with van der Waals surface area (Å²) < 4.78 is 61.8. The number of rotatable bonds is 7. The first kappa shape index (κ1) is 30.4. The lowest BCUT2D eigenvalue weighted by Gasteiger charge is -2.42. The van der Waals surface area contributed by atoms with Crippen LogP contribution in [0.4, 0.5) is 40.7 Å². The number of nitrogens with zero attached hydrogens (tertiary/aromatic N) is 6. The van der Waals surface area contributed by atoms with E-state index in [1.54, 1.807) is 19.2 Å². The van der Waals surface area contributed by atoms with Crippen molar-refractivity contribution < 1.29 is 27.1 Å². The molecule has 0 aliphatic carbocycles. The summed E-state index contributed by atoms with van der Waals surface area (Å²) in [5.74, 6) is -0.306. The molecular formula is C31H37F4N7O2. The Morgan fingerprint density at radius 2 is 1.75 bits per heavy atom. The van der Waals surface area contributed by atoms with Gasteiger partial charge in [-0.25, -0.2) is 14.4 Å². The molecule has 0 saturated carbocycles. The summed E-state index contributed by atoms with van der Waals surface area (Å²) in [5, 5.41) is 4.14. The standard InChI is InChI=1S/C31H37F4N7O2/c1-39-13-15-40(16-14-39)24-8-11-41(12-9-24)27-7-6-23(19-28(27)43-2)37-30-36-20-25(31(33,34)35)29(38-30)42-26(10-17-44-42)21-4-3-5-22(32)18-21/h3-7,18-20,24,26H,8-17H2,1-2H3,(H,36,37,38). The highest BCUT2D eigenvalue weighted by atomic mass is 19.4. The Balaban J connectivity index is 1.19. The molecule has 3 fully saturated rings. The van der Waals surface area contributed by atoms with E-state index in [1.807, 2.05) is 12.1 Å². The van der Waals surface area contributed by atoms with E-state index in [-0.39, 0.29) is 12.6 Å². The van der Waals surface area contributed by atoms with Gasteiger partial charge in [0.2, 0.25) is 5.95 Å². The number of piperazine rings is 1. The molecule has 44 heavy (non-hydrogen) atoms. The number of alkyl halides is 3. The van der Waals surface area contributed by atoms with E-state index in [0.717, 1.165) is 69.1 Å². The monoisotopic (exact) mass is 615 g/mol. The molecule has 3 aliphatic rings. The molecule has 0 bridgehead atoms. The number of hydrogen-bond acceptors (Lipinski definition) is 9. The number of aromatic nitrogens is 2. The summed E-state index contributed by atoms with van der Waals surface area (Å²) in [5.41, 5.74) is 0.982. The Bertz CT molecular complexity index is 1440. The summed E-state index contributed by atoms with van der Waals surface area (Å²) in [6.07, 6.45) is -1.46.